The van der Waals surface area contributed by atoms with Crippen molar-refractivity contribution in [3.8, 4) is 0 Å². The molecule has 166 valence electrons. The molecule has 8 heteroatoms. The van der Waals surface area contributed by atoms with Gasteiger partial charge >= 0.3 is 6.03 Å². The van der Waals surface area contributed by atoms with Crippen LogP contribution in [0.1, 0.15) is 22.3 Å². The van der Waals surface area contributed by atoms with Crippen molar-refractivity contribution in [2.45, 2.75) is 31.8 Å². The summed E-state index contributed by atoms with van der Waals surface area (Å²) in [5.41, 5.74) is 2.76. The van der Waals surface area contributed by atoms with E-state index in [0.717, 1.165) is 30.1 Å². The Kier molecular flexibility index (Phi) is 5.19. The summed E-state index contributed by atoms with van der Waals surface area (Å²) < 4.78 is 0. The topological polar surface area (TPSA) is 76.2 Å². The monoisotopic (exact) mass is 433 g/mol. The number of nitrogens with one attached hydrogen (secondary N) is 1. The molecule has 3 atom stereocenters. The minimum atomic E-state index is -0.528. The molecule has 3 aliphatic heterocycles. The number of hydrogen-bond donors (Lipinski definition) is 1. The van der Waals surface area contributed by atoms with Crippen molar-refractivity contribution in [3.63, 3.8) is 0 Å². The van der Waals surface area contributed by atoms with Crippen molar-refractivity contribution in [3.05, 3.63) is 65.7 Å². The van der Waals surface area contributed by atoms with E-state index in [2.05, 4.69) is 46.3 Å². The third-order valence-corrected chi connectivity index (χ3v) is 6.63. The summed E-state index contributed by atoms with van der Waals surface area (Å²) in [5, 5.41) is 3.50. The van der Waals surface area contributed by atoms with E-state index in [-0.39, 0.29) is 24.5 Å². The second-order valence-corrected chi connectivity index (χ2v) is 8.66. The number of rotatable bonds is 4. The molecule has 3 amide bonds. The molecular weight excluding hydrogens is 406 g/mol. The number of carbonyl (C=O) groups is 3. The van der Waals surface area contributed by atoms with E-state index in [1.165, 1.54) is 5.56 Å². The SMILES string of the molecule is Cc1ccc(N2CCCN3C4C(=O)N(CC(=O)c5ccccc5)C(=O)N(C)C4NC23)cc1. The van der Waals surface area contributed by atoms with Crippen LogP contribution in [0.25, 0.3) is 0 Å². The van der Waals surface area contributed by atoms with Crippen LogP contribution in [0.5, 0.6) is 0 Å². The Bertz CT molecular complexity index is 1040. The largest absolute Gasteiger partial charge is 0.343 e. The lowest BCUT2D eigenvalue weighted by atomic mass is 10.1. The number of urea groups is 1. The summed E-state index contributed by atoms with van der Waals surface area (Å²) in [6, 6.07) is 16.1. The van der Waals surface area contributed by atoms with Gasteiger partial charge in [0.1, 0.15) is 18.5 Å². The van der Waals surface area contributed by atoms with Crippen LogP contribution in [0.2, 0.25) is 0 Å². The van der Waals surface area contributed by atoms with E-state index in [1.807, 2.05) is 6.07 Å². The third-order valence-electron chi connectivity index (χ3n) is 6.63. The van der Waals surface area contributed by atoms with Gasteiger partial charge in [0, 0.05) is 31.4 Å². The highest BCUT2D eigenvalue weighted by molar-refractivity contribution is 6.07. The number of nitrogens with zero attached hydrogens (tertiary/aromatic N) is 4. The molecule has 0 bridgehead atoms. The molecule has 3 saturated heterocycles. The van der Waals surface area contributed by atoms with Gasteiger partial charge in [-0.05, 0) is 25.5 Å². The van der Waals surface area contributed by atoms with Crippen molar-refractivity contribution < 1.29 is 14.4 Å². The zero-order valence-electron chi connectivity index (χ0n) is 18.3. The normalized spacial score (nSPS) is 25.7. The lowest BCUT2D eigenvalue weighted by molar-refractivity contribution is -0.138. The van der Waals surface area contributed by atoms with E-state index in [0.29, 0.717) is 5.56 Å². The molecule has 3 fully saturated rings. The molecule has 3 aliphatic rings. The van der Waals surface area contributed by atoms with Gasteiger partial charge < -0.3 is 9.80 Å². The number of carbonyl (C=O) groups excluding carboxylic acids is 3. The number of hydrogen-bond acceptors (Lipinski definition) is 6. The lowest BCUT2D eigenvalue weighted by Crippen LogP contribution is -2.66. The number of amides is 3. The smallest absolute Gasteiger partial charge is 0.328 e. The van der Waals surface area contributed by atoms with Crippen molar-refractivity contribution in [1.29, 1.82) is 0 Å². The predicted molar refractivity (Wildman–Crippen MR) is 120 cm³/mol. The van der Waals surface area contributed by atoms with Gasteiger partial charge in [0.15, 0.2) is 5.78 Å². The number of likely N-dealkylation sites (N-methyl/N-ethyl adjacent to an activating group) is 1. The fourth-order valence-electron chi connectivity index (χ4n) is 4.92. The van der Waals surface area contributed by atoms with Crippen LogP contribution in [0, 0.1) is 6.92 Å². The number of Topliss-reactive ketones (excluding diaryl/α,β-unsaturated/α-hetero) is 1. The highest BCUT2D eigenvalue weighted by Crippen LogP contribution is 2.33. The maximum Gasteiger partial charge on any atom is 0.328 e. The average molecular weight is 434 g/mol. The molecule has 32 heavy (non-hydrogen) atoms. The molecule has 2 aromatic rings. The summed E-state index contributed by atoms with van der Waals surface area (Å²) >= 11 is 0. The van der Waals surface area contributed by atoms with Gasteiger partial charge in [0.2, 0.25) is 0 Å². The zero-order valence-corrected chi connectivity index (χ0v) is 18.3. The number of aryl methyl sites for hydroxylation is 1. The van der Waals surface area contributed by atoms with Crippen molar-refractivity contribution in [2.24, 2.45) is 0 Å². The lowest BCUT2D eigenvalue weighted by Gasteiger charge is -2.43. The van der Waals surface area contributed by atoms with Gasteiger partial charge in [-0.1, -0.05) is 48.0 Å². The molecule has 1 N–H and O–H groups in total. The Balaban J connectivity index is 1.41. The Morgan fingerprint density at radius 3 is 2.47 bits per heavy atom. The molecule has 0 aromatic heterocycles. The molecular formula is C24H27N5O3. The molecule has 5 rings (SSSR count). The zero-order chi connectivity index (χ0) is 22.4. The minimum absolute atomic E-state index is 0.189. The number of ketones is 1. The first-order valence-electron chi connectivity index (χ1n) is 11.0. The van der Waals surface area contributed by atoms with Crippen LogP contribution in [0.4, 0.5) is 10.5 Å². The Labute approximate surface area is 187 Å². The highest BCUT2D eigenvalue weighted by Gasteiger charge is 2.56. The standard InChI is InChI=1S/C24H27N5O3/c1-16-9-11-18(12-10-16)27-13-6-14-28-20-21(25-23(27)28)26(2)24(32)29(22(20)31)15-19(30)17-7-4-3-5-8-17/h3-5,7-12,20-21,23,25H,6,13-15H2,1-2H3. The summed E-state index contributed by atoms with van der Waals surface area (Å²) in [6.45, 7) is 3.41. The third kappa shape index (κ3) is 3.36. The molecule has 3 heterocycles. The number of fused-ring (bicyclic) bond motifs is 3. The van der Waals surface area contributed by atoms with Gasteiger partial charge in [0.05, 0.1) is 6.54 Å². The van der Waals surface area contributed by atoms with E-state index in [4.69, 9.17) is 0 Å². The van der Waals surface area contributed by atoms with Crippen molar-refractivity contribution in [1.82, 2.24) is 20.0 Å². The Morgan fingerprint density at radius 1 is 1.03 bits per heavy atom. The molecule has 8 nitrogen and oxygen atoms in total. The Morgan fingerprint density at radius 2 is 1.75 bits per heavy atom. The summed E-state index contributed by atoms with van der Waals surface area (Å²) in [5.74, 6) is -0.565. The first-order valence-corrected chi connectivity index (χ1v) is 11.0. The maximum atomic E-state index is 13.5. The second-order valence-electron chi connectivity index (χ2n) is 8.66. The molecule has 0 radical (unpaired) electrons. The van der Waals surface area contributed by atoms with Gasteiger partial charge in [-0.15, -0.1) is 0 Å². The molecule has 0 spiro atoms. The van der Waals surface area contributed by atoms with Crippen LogP contribution < -0.4 is 10.2 Å². The first kappa shape index (κ1) is 20.7. The van der Waals surface area contributed by atoms with E-state index >= 15 is 0 Å². The second kappa shape index (κ2) is 8.03. The van der Waals surface area contributed by atoms with Crippen molar-refractivity contribution in [2.75, 3.05) is 31.6 Å². The highest BCUT2D eigenvalue weighted by atomic mass is 16.2. The van der Waals surface area contributed by atoms with Crippen LogP contribution >= 0.6 is 0 Å². The molecule has 2 aromatic carbocycles. The number of imide groups is 1. The quantitative estimate of drug-likeness (QED) is 0.742. The summed E-state index contributed by atoms with van der Waals surface area (Å²) in [6.07, 6.45) is 0.281. The molecule has 0 aliphatic carbocycles. The Hall–Kier alpha value is -3.23. The maximum absolute atomic E-state index is 13.5. The van der Waals surface area contributed by atoms with Gasteiger partial charge in [-0.3, -0.25) is 24.7 Å². The van der Waals surface area contributed by atoms with Gasteiger partial charge in [0.25, 0.3) is 5.91 Å². The summed E-state index contributed by atoms with van der Waals surface area (Å²) in [7, 11) is 1.69. The van der Waals surface area contributed by atoms with Gasteiger partial charge in [-0.25, -0.2) is 4.79 Å². The molecule has 0 saturated carbocycles. The van der Waals surface area contributed by atoms with Crippen molar-refractivity contribution >= 4 is 23.4 Å². The van der Waals surface area contributed by atoms with Crippen LogP contribution in [-0.4, -0.2) is 77.6 Å². The van der Waals surface area contributed by atoms with E-state index in [1.54, 1.807) is 36.2 Å². The molecule has 3 unspecified atom stereocenters. The fraction of sp³-hybridized carbons (Fsp3) is 0.375. The fourth-order valence-corrected chi connectivity index (χ4v) is 4.92. The summed E-state index contributed by atoms with van der Waals surface area (Å²) in [4.78, 5) is 46.3. The number of anilines is 1. The van der Waals surface area contributed by atoms with E-state index < -0.39 is 18.2 Å². The van der Waals surface area contributed by atoms with Crippen LogP contribution in [0.3, 0.4) is 0 Å². The van der Waals surface area contributed by atoms with Crippen LogP contribution in [-0.2, 0) is 4.79 Å². The van der Waals surface area contributed by atoms with Gasteiger partial charge in [-0.2, -0.15) is 0 Å². The number of benzene rings is 2. The first-order chi connectivity index (χ1) is 15.5. The predicted octanol–water partition coefficient (Wildman–Crippen LogP) is 1.87. The average Bonchev–Trinajstić information content (AvgIpc) is 3.21. The van der Waals surface area contributed by atoms with E-state index in [9.17, 15) is 14.4 Å². The minimum Gasteiger partial charge on any atom is -0.343 e. The van der Waals surface area contributed by atoms with Crippen LogP contribution in [0.15, 0.2) is 54.6 Å².